The van der Waals surface area contributed by atoms with Gasteiger partial charge in [-0.3, -0.25) is 4.68 Å². The van der Waals surface area contributed by atoms with Crippen LogP contribution in [0.5, 0.6) is 0 Å². The third kappa shape index (κ3) is 1.53. The van der Waals surface area contributed by atoms with Crippen molar-refractivity contribution in [2.75, 3.05) is 5.73 Å². The first-order chi connectivity index (χ1) is 6.68. The highest BCUT2D eigenvalue weighted by atomic mass is 32.1. The van der Waals surface area contributed by atoms with Crippen molar-refractivity contribution in [3.8, 4) is 10.6 Å². The Morgan fingerprint density at radius 1 is 1.50 bits per heavy atom. The highest BCUT2D eigenvalue weighted by Gasteiger charge is 2.10. The van der Waals surface area contributed by atoms with Crippen LogP contribution in [-0.2, 0) is 0 Å². The largest absolute Gasteiger partial charge is 0.396 e. The van der Waals surface area contributed by atoms with Gasteiger partial charge in [0.1, 0.15) is 5.69 Å². The lowest BCUT2D eigenvalue weighted by molar-refractivity contribution is 0.534. The summed E-state index contributed by atoms with van der Waals surface area (Å²) in [6.45, 7) is 4.18. The van der Waals surface area contributed by atoms with Crippen molar-refractivity contribution < 1.29 is 0 Å². The van der Waals surface area contributed by atoms with Gasteiger partial charge in [-0.25, -0.2) is 0 Å². The van der Waals surface area contributed by atoms with Crippen LogP contribution in [0.15, 0.2) is 23.7 Å². The highest BCUT2D eigenvalue weighted by molar-refractivity contribution is 7.13. The zero-order valence-corrected chi connectivity index (χ0v) is 9.08. The summed E-state index contributed by atoms with van der Waals surface area (Å²) in [5.74, 6) is 0. The van der Waals surface area contributed by atoms with E-state index in [0.717, 1.165) is 16.3 Å². The zero-order chi connectivity index (χ0) is 10.1. The Morgan fingerprint density at radius 3 is 2.79 bits per heavy atom. The second kappa shape index (κ2) is 3.46. The van der Waals surface area contributed by atoms with Crippen LogP contribution in [0, 0.1) is 0 Å². The molecule has 0 aliphatic carbocycles. The Hall–Kier alpha value is -1.29. The van der Waals surface area contributed by atoms with Crippen LogP contribution in [0.4, 0.5) is 5.69 Å². The molecule has 74 valence electrons. The molecular weight excluding hydrogens is 194 g/mol. The minimum atomic E-state index is 0.353. The van der Waals surface area contributed by atoms with Crippen LogP contribution >= 0.6 is 11.3 Å². The average molecular weight is 207 g/mol. The number of nitrogens with zero attached hydrogens (tertiary/aromatic N) is 2. The molecule has 0 spiro atoms. The Bertz CT molecular complexity index is 415. The predicted molar refractivity (Wildman–Crippen MR) is 60.3 cm³/mol. The molecule has 14 heavy (non-hydrogen) atoms. The quantitative estimate of drug-likeness (QED) is 0.823. The van der Waals surface area contributed by atoms with Gasteiger partial charge in [0.05, 0.1) is 10.6 Å². The van der Waals surface area contributed by atoms with Crippen LogP contribution in [-0.4, -0.2) is 9.78 Å². The average Bonchev–Trinajstić information content (AvgIpc) is 2.71. The molecule has 0 bridgehead atoms. The first-order valence-corrected chi connectivity index (χ1v) is 5.45. The smallest absolute Gasteiger partial charge is 0.125 e. The summed E-state index contributed by atoms with van der Waals surface area (Å²) in [5.41, 5.74) is 7.54. The van der Waals surface area contributed by atoms with E-state index in [4.69, 9.17) is 5.73 Å². The van der Waals surface area contributed by atoms with Crippen molar-refractivity contribution in [3.63, 3.8) is 0 Å². The van der Waals surface area contributed by atoms with Crippen LogP contribution in [0.2, 0.25) is 0 Å². The highest BCUT2D eigenvalue weighted by Crippen LogP contribution is 2.28. The van der Waals surface area contributed by atoms with Crippen molar-refractivity contribution in [1.29, 1.82) is 0 Å². The van der Waals surface area contributed by atoms with Gasteiger partial charge in [0.2, 0.25) is 0 Å². The summed E-state index contributed by atoms with van der Waals surface area (Å²) >= 11 is 1.66. The van der Waals surface area contributed by atoms with E-state index in [9.17, 15) is 0 Å². The third-order valence-corrected chi connectivity index (χ3v) is 2.92. The van der Waals surface area contributed by atoms with Gasteiger partial charge in [-0.1, -0.05) is 6.07 Å². The maximum atomic E-state index is 5.89. The van der Waals surface area contributed by atoms with Crippen molar-refractivity contribution in [1.82, 2.24) is 9.78 Å². The van der Waals surface area contributed by atoms with Gasteiger partial charge in [0.25, 0.3) is 0 Å². The fraction of sp³-hybridized carbons (Fsp3) is 0.300. The minimum Gasteiger partial charge on any atom is -0.396 e. The van der Waals surface area contributed by atoms with Gasteiger partial charge < -0.3 is 5.73 Å². The monoisotopic (exact) mass is 207 g/mol. The molecule has 0 unspecified atom stereocenters. The van der Waals surface area contributed by atoms with E-state index in [0.29, 0.717) is 6.04 Å². The number of hydrogen-bond acceptors (Lipinski definition) is 3. The van der Waals surface area contributed by atoms with Gasteiger partial charge in [0.15, 0.2) is 0 Å². The summed E-state index contributed by atoms with van der Waals surface area (Å²) in [7, 11) is 0. The molecule has 2 heterocycles. The summed E-state index contributed by atoms with van der Waals surface area (Å²) in [5, 5.41) is 6.48. The second-order valence-electron chi connectivity index (χ2n) is 3.48. The molecule has 3 nitrogen and oxygen atoms in total. The molecule has 0 saturated carbocycles. The van der Waals surface area contributed by atoms with Crippen LogP contribution in [0.3, 0.4) is 0 Å². The Labute approximate surface area is 87.2 Å². The molecule has 0 aliphatic rings. The lowest BCUT2D eigenvalue weighted by Gasteiger charge is -2.02. The van der Waals surface area contributed by atoms with E-state index in [1.54, 1.807) is 11.3 Å². The van der Waals surface area contributed by atoms with Crippen molar-refractivity contribution in [2.45, 2.75) is 19.9 Å². The van der Waals surface area contributed by atoms with E-state index < -0.39 is 0 Å². The van der Waals surface area contributed by atoms with Crippen molar-refractivity contribution in [3.05, 3.63) is 23.7 Å². The van der Waals surface area contributed by atoms with Gasteiger partial charge in [0, 0.05) is 12.2 Å². The van der Waals surface area contributed by atoms with Crippen LogP contribution < -0.4 is 5.73 Å². The Morgan fingerprint density at radius 2 is 2.29 bits per heavy atom. The molecule has 0 aliphatic heterocycles. The molecule has 0 atom stereocenters. The summed E-state index contributed by atoms with van der Waals surface area (Å²) in [6, 6.07) is 4.40. The van der Waals surface area contributed by atoms with E-state index >= 15 is 0 Å². The predicted octanol–water partition coefficient (Wildman–Crippen LogP) is 2.77. The maximum absolute atomic E-state index is 5.89. The van der Waals surface area contributed by atoms with E-state index in [-0.39, 0.29) is 0 Å². The van der Waals surface area contributed by atoms with Crippen molar-refractivity contribution >= 4 is 17.0 Å². The minimum absolute atomic E-state index is 0.353. The first-order valence-electron chi connectivity index (χ1n) is 4.57. The van der Waals surface area contributed by atoms with E-state index in [2.05, 4.69) is 18.9 Å². The molecule has 2 aromatic rings. The van der Waals surface area contributed by atoms with Gasteiger partial charge in [-0.05, 0) is 25.3 Å². The molecule has 0 amide bonds. The molecule has 2 N–H and O–H groups in total. The maximum Gasteiger partial charge on any atom is 0.125 e. The SMILES string of the molecule is CC(C)n1cc(N)c(-c2cccs2)n1. The summed E-state index contributed by atoms with van der Waals surface area (Å²) < 4.78 is 1.89. The molecule has 0 aromatic carbocycles. The normalized spacial score (nSPS) is 11.1. The standard InChI is InChI=1S/C10H13N3S/c1-7(2)13-6-8(11)10(12-13)9-4-3-5-14-9/h3-7H,11H2,1-2H3. The fourth-order valence-corrected chi connectivity index (χ4v) is 2.01. The molecule has 0 fully saturated rings. The number of nitrogen functional groups attached to an aromatic ring is 1. The Kier molecular flexibility index (Phi) is 2.29. The van der Waals surface area contributed by atoms with Gasteiger partial charge >= 0.3 is 0 Å². The van der Waals surface area contributed by atoms with E-state index in [1.807, 2.05) is 28.4 Å². The number of aromatic nitrogens is 2. The van der Waals surface area contributed by atoms with Crippen molar-refractivity contribution in [2.24, 2.45) is 0 Å². The molecule has 2 aromatic heterocycles. The first kappa shape index (κ1) is 9.27. The van der Waals surface area contributed by atoms with Gasteiger partial charge in [-0.2, -0.15) is 5.10 Å². The van der Waals surface area contributed by atoms with Gasteiger partial charge in [-0.15, -0.1) is 11.3 Å². The number of rotatable bonds is 2. The lowest BCUT2D eigenvalue weighted by atomic mass is 10.3. The molecule has 0 radical (unpaired) electrons. The zero-order valence-electron chi connectivity index (χ0n) is 8.27. The molecular formula is C10H13N3S. The molecule has 0 saturated heterocycles. The number of hydrogen-bond donors (Lipinski definition) is 1. The number of nitrogens with two attached hydrogens (primary N) is 1. The topological polar surface area (TPSA) is 43.8 Å². The molecule has 4 heteroatoms. The number of thiophene rings is 1. The number of anilines is 1. The Balaban J connectivity index is 2.45. The summed E-state index contributed by atoms with van der Waals surface area (Å²) in [4.78, 5) is 1.13. The fourth-order valence-electron chi connectivity index (χ4n) is 1.28. The molecule has 2 rings (SSSR count). The van der Waals surface area contributed by atoms with Crippen LogP contribution in [0.1, 0.15) is 19.9 Å². The lowest BCUT2D eigenvalue weighted by Crippen LogP contribution is -2.00. The van der Waals surface area contributed by atoms with Crippen LogP contribution in [0.25, 0.3) is 10.6 Å². The second-order valence-corrected chi connectivity index (χ2v) is 4.43. The third-order valence-electron chi connectivity index (χ3n) is 2.04. The van der Waals surface area contributed by atoms with E-state index in [1.165, 1.54) is 0 Å². The summed E-state index contributed by atoms with van der Waals surface area (Å²) in [6.07, 6.45) is 1.89.